The van der Waals surface area contributed by atoms with Crippen molar-refractivity contribution in [2.75, 3.05) is 26.7 Å². The third-order valence-electron chi connectivity index (χ3n) is 1.86. The van der Waals surface area contributed by atoms with Gasteiger partial charge in [0.05, 0.1) is 7.11 Å². The van der Waals surface area contributed by atoms with E-state index in [0.29, 0.717) is 0 Å². The zero-order chi connectivity index (χ0) is 10.3. The molecule has 0 aromatic carbocycles. The first-order valence-corrected chi connectivity index (χ1v) is 5.51. The van der Waals surface area contributed by atoms with E-state index in [1.165, 1.54) is 7.11 Å². The Hall–Kier alpha value is -0.0900. The van der Waals surface area contributed by atoms with E-state index in [-0.39, 0.29) is 10.8 Å². The zero-order valence-electron chi connectivity index (χ0n) is 8.55. The Morgan fingerprint density at radius 2 is 2.15 bits per heavy atom. The maximum Gasteiger partial charge on any atom is 0.320 e. The molecule has 1 unspecified atom stereocenters. The van der Waals surface area contributed by atoms with E-state index < -0.39 is 0 Å². The second kappa shape index (κ2) is 7.33. The van der Waals surface area contributed by atoms with Crippen LogP contribution in [0, 0.1) is 0 Å². The Morgan fingerprint density at radius 1 is 1.54 bits per heavy atom. The smallest absolute Gasteiger partial charge is 0.320 e. The summed E-state index contributed by atoms with van der Waals surface area (Å²) in [5.41, 5.74) is 0. The first kappa shape index (κ1) is 12.9. The lowest BCUT2D eigenvalue weighted by molar-refractivity contribution is -0.140. The minimum Gasteiger partial charge on any atom is -0.468 e. The molecule has 0 aliphatic heterocycles. The van der Waals surface area contributed by atoms with E-state index in [1.807, 2.05) is 0 Å². The number of methoxy groups -OCH3 is 1. The number of carbonyl (C=O) groups excluding carboxylic acids is 1. The number of carbonyl (C=O) groups is 1. The molecule has 0 saturated heterocycles. The van der Waals surface area contributed by atoms with Gasteiger partial charge in [0.25, 0.3) is 0 Å². The molecular formula is C9H18BrNO2. The highest BCUT2D eigenvalue weighted by molar-refractivity contribution is 9.10. The summed E-state index contributed by atoms with van der Waals surface area (Å²) in [6, 6.07) is 0. The molecule has 0 radical (unpaired) electrons. The van der Waals surface area contributed by atoms with Crippen molar-refractivity contribution < 1.29 is 9.53 Å². The topological polar surface area (TPSA) is 29.5 Å². The van der Waals surface area contributed by atoms with Crippen LogP contribution < -0.4 is 0 Å². The Balaban J connectivity index is 3.85. The molecule has 78 valence electrons. The highest BCUT2D eigenvalue weighted by atomic mass is 79.9. The maximum absolute atomic E-state index is 11.1. The molecule has 1 atom stereocenters. The van der Waals surface area contributed by atoms with Crippen molar-refractivity contribution in [3.63, 3.8) is 0 Å². The molecule has 0 aromatic heterocycles. The van der Waals surface area contributed by atoms with Crippen LogP contribution in [0.4, 0.5) is 0 Å². The van der Waals surface area contributed by atoms with Crippen LogP contribution in [0.2, 0.25) is 0 Å². The van der Waals surface area contributed by atoms with Crippen molar-refractivity contribution in [1.82, 2.24) is 4.90 Å². The Kier molecular flexibility index (Phi) is 7.28. The molecule has 0 rings (SSSR count). The summed E-state index contributed by atoms with van der Waals surface area (Å²) in [4.78, 5) is 13.1. The molecule has 3 nitrogen and oxygen atoms in total. The number of esters is 1. The fraction of sp³-hybridized carbons (Fsp3) is 0.889. The van der Waals surface area contributed by atoms with Crippen LogP contribution in [0.1, 0.15) is 20.3 Å². The van der Waals surface area contributed by atoms with Crippen LogP contribution in [0.3, 0.4) is 0 Å². The van der Waals surface area contributed by atoms with Crippen molar-refractivity contribution >= 4 is 21.9 Å². The van der Waals surface area contributed by atoms with Crippen LogP contribution in [0.25, 0.3) is 0 Å². The van der Waals surface area contributed by atoms with Gasteiger partial charge < -0.3 is 9.64 Å². The molecule has 0 saturated carbocycles. The largest absolute Gasteiger partial charge is 0.468 e. The minimum atomic E-state index is -0.205. The molecule has 0 aliphatic rings. The lowest BCUT2D eigenvalue weighted by Crippen LogP contribution is -2.34. The van der Waals surface area contributed by atoms with Gasteiger partial charge in [-0.05, 0) is 19.5 Å². The Morgan fingerprint density at radius 3 is 2.54 bits per heavy atom. The Bertz CT molecular complexity index is 153. The number of hydrogen-bond acceptors (Lipinski definition) is 3. The van der Waals surface area contributed by atoms with E-state index in [4.69, 9.17) is 0 Å². The molecule has 0 aliphatic carbocycles. The molecule has 0 aromatic rings. The third kappa shape index (κ3) is 5.26. The molecular weight excluding hydrogens is 234 g/mol. The highest BCUT2D eigenvalue weighted by Gasteiger charge is 2.17. The van der Waals surface area contributed by atoms with Crippen molar-refractivity contribution in [2.45, 2.75) is 25.1 Å². The van der Waals surface area contributed by atoms with Gasteiger partial charge in [0.1, 0.15) is 4.83 Å². The maximum atomic E-state index is 11.1. The number of alkyl halides is 1. The van der Waals surface area contributed by atoms with Gasteiger partial charge in [-0.3, -0.25) is 4.79 Å². The molecule has 13 heavy (non-hydrogen) atoms. The number of nitrogens with zero attached hydrogens (tertiary/aromatic N) is 1. The van der Waals surface area contributed by atoms with E-state index in [9.17, 15) is 4.79 Å². The van der Waals surface area contributed by atoms with Crippen molar-refractivity contribution in [2.24, 2.45) is 0 Å². The van der Waals surface area contributed by atoms with Gasteiger partial charge in [0.2, 0.25) is 0 Å². The Labute approximate surface area is 88.6 Å². The summed E-state index contributed by atoms with van der Waals surface area (Å²) < 4.78 is 4.62. The monoisotopic (exact) mass is 251 g/mol. The summed E-state index contributed by atoms with van der Waals surface area (Å²) in [6.07, 6.45) is 1.11. The van der Waals surface area contributed by atoms with Gasteiger partial charge in [-0.1, -0.05) is 29.8 Å². The molecule has 0 amide bonds. The quantitative estimate of drug-likeness (QED) is 0.532. The number of ether oxygens (including phenoxy) is 1. The summed E-state index contributed by atoms with van der Waals surface area (Å²) in [7, 11) is 1.41. The number of rotatable bonds is 6. The van der Waals surface area contributed by atoms with Gasteiger partial charge in [-0.15, -0.1) is 0 Å². The molecule has 0 bridgehead atoms. The molecule has 0 heterocycles. The average Bonchev–Trinajstić information content (AvgIpc) is 2.15. The van der Waals surface area contributed by atoms with Crippen LogP contribution >= 0.6 is 15.9 Å². The second-order valence-corrected chi connectivity index (χ2v) is 3.99. The van der Waals surface area contributed by atoms with E-state index in [2.05, 4.69) is 39.4 Å². The van der Waals surface area contributed by atoms with Crippen molar-refractivity contribution in [1.29, 1.82) is 0 Å². The second-order valence-electron chi connectivity index (χ2n) is 2.88. The molecule has 0 spiro atoms. The van der Waals surface area contributed by atoms with E-state index in [1.54, 1.807) is 0 Å². The first-order valence-electron chi connectivity index (χ1n) is 4.59. The number of halogens is 1. The first-order chi connectivity index (χ1) is 6.15. The predicted octanol–water partition coefficient (Wildman–Crippen LogP) is 1.65. The van der Waals surface area contributed by atoms with Crippen LogP contribution in [0.5, 0.6) is 0 Å². The molecule has 0 N–H and O–H groups in total. The van der Waals surface area contributed by atoms with E-state index in [0.717, 1.165) is 26.1 Å². The zero-order valence-corrected chi connectivity index (χ0v) is 10.1. The van der Waals surface area contributed by atoms with Crippen LogP contribution in [-0.4, -0.2) is 42.4 Å². The number of hydrogen-bond donors (Lipinski definition) is 0. The summed E-state index contributed by atoms with van der Waals surface area (Å²) >= 11 is 3.30. The summed E-state index contributed by atoms with van der Waals surface area (Å²) in [6.45, 7) is 6.93. The summed E-state index contributed by atoms with van der Waals surface area (Å²) in [5, 5.41) is 0. The molecule has 0 fully saturated rings. The predicted molar refractivity (Wildman–Crippen MR) is 57.1 cm³/mol. The normalized spacial score (nSPS) is 13.0. The van der Waals surface area contributed by atoms with Crippen LogP contribution in [-0.2, 0) is 9.53 Å². The van der Waals surface area contributed by atoms with Gasteiger partial charge in [0.15, 0.2) is 0 Å². The lowest BCUT2D eigenvalue weighted by Gasteiger charge is -2.21. The van der Waals surface area contributed by atoms with E-state index >= 15 is 0 Å². The standard InChI is InChI=1S/C9H18BrNO2/c1-4-6-11(5-2)7-8(10)9(12)13-3/h8H,4-7H2,1-3H3. The fourth-order valence-electron chi connectivity index (χ4n) is 1.12. The highest BCUT2D eigenvalue weighted by Crippen LogP contribution is 2.05. The van der Waals surface area contributed by atoms with Gasteiger partial charge in [0, 0.05) is 6.54 Å². The lowest BCUT2D eigenvalue weighted by atomic mass is 10.3. The fourth-order valence-corrected chi connectivity index (χ4v) is 1.72. The third-order valence-corrected chi connectivity index (χ3v) is 2.53. The minimum absolute atomic E-state index is 0.199. The van der Waals surface area contributed by atoms with Gasteiger partial charge in [-0.2, -0.15) is 0 Å². The summed E-state index contributed by atoms with van der Waals surface area (Å²) in [5.74, 6) is -0.199. The van der Waals surface area contributed by atoms with Crippen molar-refractivity contribution in [3.05, 3.63) is 0 Å². The van der Waals surface area contributed by atoms with Gasteiger partial charge >= 0.3 is 5.97 Å². The van der Waals surface area contributed by atoms with Crippen molar-refractivity contribution in [3.8, 4) is 0 Å². The molecule has 4 heteroatoms. The van der Waals surface area contributed by atoms with Crippen LogP contribution in [0.15, 0.2) is 0 Å². The van der Waals surface area contributed by atoms with Gasteiger partial charge in [-0.25, -0.2) is 0 Å². The SMILES string of the molecule is CCCN(CC)CC(Br)C(=O)OC. The average molecular weight is 252 g/mol.